The Balaban J connectivity index is 2.73. The second-order valence-corrected chi connectivity index (χ2v) is 5.15. The Kier molecular flexibility index (Phi) is 4.61. The number of carboxylic acid groups (broad SMARTS) is 1. The first kappa shape index (κ1) is 15.1. The molecule has 0 saturated heterocycles. The van der Waals surface area contributed by atoms with Gasteiger partial charge in [-0.3, -0.25) is 4.79 Å². The Morgan fingerprint density at radius 3 is 2.47 bits per heavy atom. The van der Waals surface area contributed by atoms with Crippen molar-refractivity contribution < 1.29 is 19.1 Å². The maximum atomic E-state index is 13.4. The molecule has 104 valence electrons. The summed E-state index contributed by atoms with van der Waals surface area (Å²) in [5.74, 6) is -2.28. The van der Waals surface area contributed by atoms with Crippen LogP contribution in [0.15, 0.2) is 18.2 Å². The second-order valence-electron chi connectivity index (χ2n) is 5.15. The van der Waals surface area contributed by atoms with Crippen molar-refractivity contribution in [2.24, 2.45) is 0 Å². The van der Waals surface area contributed by atoms with Crippen LogP contribution < -0.4 is 10.6 Å². The summed E-state index contributed by atoms with van der Waals surface area (Å²) in [6.45, 7) is 5.70. The van der Waals surface area contributed by atoms with E-state index in [1.807, 2.05) is 20.8 Å². The van der Waals surface area contributed by atoms with Crippen LogP contribution in [0.5, 0.6) is 0 Å². The van der Waals surface area contributed by atoms with Gasteiger partial charge in [-0.15, -0.1) is 0 Å². The zero-order valence-electron chi connectivity index (χ0n) is 11.1. The van der Waals surface area contributed by atoms with Crippen molar-refractivity contribution >= 4 is 17.6 Å². The van der Waals surface area contributed by atoms with Gasteiger partial charge in [0.05, 0.1) is 17.8 Å². The van der Waals surface area contributed by atoms with E-state index in [4.69, 9.17) is 5.11 Å². The van der Waals surface area contributed by atoms with E-state index in [0.717, 1.165) is 18.2 Å². The lowest BCUT2D eigenvalue weighted by Gasteiger charge is -2.20. The molecule has 1 aromatic rings. The number of carbonyl (C=O) groups is 2. The molecule has 0 aliphatic heterocycles. The number of aromatic carboxylic acids is 1. The molecule has 0 radical (unpaired) electrons. The largest absolute Gasteiger partial charge is 0.478 e. The highest BCUT2D eigenvalue weighted by molar-refractivity contribution is 5.95. The van der Waals surface area contributed by atoms with E-state index in [0.29, 0.717) is 0 Å². The Hall–Kier alpha value is -1.95. The zero-order valence-corrected chi connectivity index (χ0v) is 11.1. The molecule has 0 unspecified atom stereocenters. The summed E-state index contributed by atoms with van der Waals surface area (Å²) < 4.78 is 13.4. The lowest BCUT2D eigenvalue weighted by atomic mass is 10.1. The standard InChI is InChI=1S/C13H17FN2O3/c1-13(2,3)15-7-11(17)16-10-6-8(12(18)19)4-5-9(10)14/h4-6,15H,7H2,1-3H3,(H,16,17)(H,18,19). The first-order chi connectivity index (χ1) is 8.69. The Bertz CT molecular complexity index is 495. The van der Waals surface area contributed by atoms with Crippen molar-refractivity contribution in [3.63, 3.8) is 0 Å². The van der Waals surface area contributed by atoms with Gasteiger partial charge in [-0.25, -0.2) is 9.18 Å². The van der Waals surface area contributed by atoms with Crippen LogP contribution in [0.25, 0.3) is 0 Å². The molecule has 0 aliphatic carbocycles. The first-order valence-corrected chi connectivity index (χ1v) is 5.77. The Morgan fingerprint density at radius 1 is 1.32 bits per heavy atom. The van der Waals surface area contributed by atoms with Crippen molar-refractivity contribution in [1.29, 1.82) is 0 Å². The highest BCUT2D eigenvalue weighted by Crippen LogP contribution is 2.16. The molecule has 0 bridgehead atoms. The molecule has 1 rings (SSSR count). The molecular formula is C13H17FN2O3. The van der Waals surface area contributed by atoms with Crippen LogP contribution in [0, 0.1) is 5.82 Å². The van der Waals surface area contributed by atoms with Gasteiger partial charge in [-0.2, -0.15) is 0 Å². The number of hydrogen-bond donors (Lipinski definition) is 3. The maximum Gasteiger partial charge on any atom is 0.335 e. The summed E-state index contributed by atoms with van der Waals surface area (Å²) in [5, 5.41) is 14.1. The van der Waals surface area contributed by atoms with Crippen LogP contribution in [-0.4, -0.2) is 29.1 Å². The average Bonchev–Trinajstić information content (AvgIpc) is 2.28. The van der Waals surface area contributed by atoms with Crippen molar-refractivity contribution in [3.05, 3.63) is 29.6 Å². The summed E-state index contributed by atoms with van der Waals surface area (Å²) in [6.07, 6.45) is 0. The fraction of sp³-hybridized carbons (Fsp3) is 0.385. The fourth-order valence-electron chi connectivity index (χ4n) is 1.29. The number of anilines is 1. The van der Waals surface area contributed by atoms with E-state index in [9.17, 15) is 14.0 Å². The van der Waals surface area contributed by atoms with E-state index in [1.54, 1.807) is 0 Å². The molecule has 0 aromatic heterocycles. The molecule has 0 heterocycles. The van der Waals surface area contributed by atoms with Gasteiger partial charge in [0, 0.05) is 5.54 Å². The minimum Gasteiger partial charge on any atom is -0.478 e. The Labute approximate surface area is 110 Å². The topological polar surface area (TPSA) is 78.4 Å². The van der Waals surface area contributed by atoms with Gasteiger partial charge in [-0.1, -0.05) is 0 Å². The van der Waals surface area contributed by atoms with Crippen LogP contribution in [0.3, 0.4) is 0 Å². The number of amides is 1. The number of halogens is 1. The molecule has 5 nitrogen and oxygen atoms in total. The molecule has 0 fully saturated rings. The van der Waals surface area contributed by atoms with Gasteiger partial charge in [0.2, 0.25) is 5.91 Å². The van der Waals surface area contributed by atoms with E-state index < -0.39 is 17.7 Å². The first-order valence-electron chi connectivity index (χ1n) is 5.77. The van der Waals surface area contributed by atoms with Crippen molar-refractivity contribution in [2.75, 3.05) is 11.9 Å². The highest BCUT2D eigenvalue weighted by Gasteiger charge is 2.14. The molecule has 0 spiro atoms. The fourth-order valence-corrected chi connectivity index (χ4v) is 1.29. The molecule has 19 heavy (non-hydrogen) atoms. The normalized spacial score (nSPS) is 11.2. The average molecular weight is 268 g/mol. The van der Waals surface area contributed by atoms with Crippen molar-refractivity contribution in [1.82, 2.24) is 5.32 Å². The van der Waals surface area contributed by atoms with Gasteiger partial charge < -0.3 is 15.7 Å². The van der Waals surface area contributed by atoms with Gasteiger partial charge >= 0.3 is 5.97 Å². The molecule has 3 N–H and O–H groups in total. The SMILES string of the molecule is CC(C)(C)NCC(=O)Nc1cc(C(=O)O)ccc1F. The summed E-state index contributed by atoms with van der Waals surface area (Å²) >= 11 is 0. The summed E-state index contributed by atoms with van der Waals surface area (Å²) in [4.78, 5) is 22.4. The molecule has 1 amide bonds. The zero-order chi connectivity index (χ0) is 14.6. The number of carbonyl (C=O) groups excluding carboxylic acids is 1. The molecule has 0 atom stereocenters. The third-order valence-corrected chi connectivity index (χ3v) is 2.27. The third kappa shape index (κ3) is 5.05. The lowest BCUT2D eigenvalue weighted by Crippen LogP contribution is -2.41. The number of hydrogen-bond acceptors (Lipinski definition) is 3. The highest BCUT2D eigenvalue weighted by atomic mass is 19.1. The van der Waals surface area contributed by atoms with Gasteiger partial charge in [0.15, 0.2) is 0 Å². The minimum absolute atomic E-state index is 0.0141. The van der Waals surface area contributed by atoms with Crippen LogP contribution in [0.4, 0.5) is 10.1 Å². The number of carboxylic acids is 1. The predicted molar refractivity (Wildman–Crippen MR) is 69.7 cm³/mol. The smallest absolute Gasteiger partial charge is 0.335 e. The molecule has 6 heteroatoms. The number of nitrogens with one attached hydrogen (secondary N) is 2. The van der Waals surface area contributed by atoms with Crippen LogP contribution in [0.2, 0.25) is 0 Å². The lowest BCUT2D eigenvalue weighted by molar-refractivity contribution is -0.115. The third-order valence-electron chi connectivity index (χ3n) is 2.27. The van der Waals surface area contributed by atoms with Gasteiger partial charge in [-0.05, 0) is 39.0 Å². The Morgan fingerprint density at radius 2 is 1.95 bits per heavy atom. The van der Waals surface area contributed by atoms with Gasteiger partial charge in [0.1, 0.15) is 5.82 Å². The second kappa shape index (κ2) is 5.79. The molecule has 0 saturated carbocycles. The molecule has 0 aliphatic rings. The summed E-state index contributed by atoms with van der Waals surface area (Å²) in [7, 11) is 0. The number of rotatable bonds is 4. The summed E-state index contributed by atoms with van der Waals surface area (Å²) in [5.41, 5.74) is -0.459. The summed E-state index contributed by atoms with van der Waals surface area (Å²) in [6, 6.07) is 3.24. The predicted octanol–water partition coefficient (Wildman–Crippen LogP) is 1.85. The molecular weight excluding hydrogens is 251 g/mol. The monoisotopic (exact) mass is 268 g/mol. The van der Waals surface area contributed by atoms with Crippen LogP contribution in [0.1, 0.15) is 31.1 Å². The van der Waals surface area contributed by atoms with E-state index in [2.05, 4.69) is 10.6 Å². The maximum absolute atomic E-state index is 13.4. The minimum atomic E-state index is -1.18. The van der Waals surface area contributed by atoms with Crippen molar-refractivity contribution in [3.8, 4) is 0 Å². The van der Waals surface area contributed by atoms with E-state index in [-0.39, 0.29) is 23.3 Å². The van der Waals surface area contributed by atoms with Crippen LogP contribution >= 0.6 is 0 Å². The van der Waals surface area contributed by atoms with E-state index >= 15 is 0 Å². The van der Waals surface area contributed by atoms with E-state index in [1.165, 1.54) is 0 Å². The van der Waals surface area contributed by atoms with Crippen LogP contribution in [-0.2, 0) is 4.79 Å². The quantitative estimate of drug-likeness (QED) is 0.778. The molecule has 1 aromatic carbocycles. The van der Waals surface area contributed by atoms with Crippen molar-refractivity contribution in [2.45, 2.75) is 26.3 Å². The van der Waals surface area contributed by atoms with Gasteiger partial charge in [0.25, 0.3) is 0 Å². The number of benzene rings is 1.